The molecule has 9 nitrogen and oxygen atoms in total. The standard InChI is InChI=1S/C20H19N5O4/c21-8-11-6-7-22-10-14(11)23-9-12-2-1-3-13-17(12)20(29)25(19(13)28)15-4-5-16(26)24-18(15)27/h1-3,6-7,10,15,23H,4-5,8-9,21H2,(H,24,26,27). The number of carbonyl (C=O) groups excluding carboxylic acids is 4. The molecule has 29 heavy (non-hydrogen) atoms. The fourth-order valence-corrected chi connectivity index (χ4v) is 3.68. The second kappa shape index (κ2) is 7.44. The van der Waals surface area contributed by atoms with Crippen LogP contribution in [0.4, 0.5) is 5.69 Å². The van der Waals surface area contributed by atoms with Crippen LogP contribution in [0.2, 0.25) is 0 Å². The van der Waals surface area contributed by atoms with Crippen molar-refractivity contribution >= 4 is 29.3 Å². The van der Waals surface area contributed by atoms with Gasteiger partial charge in [-0.2, -0.15) is 0 Å². The lowest BCUT2D eigenvalue weighted by Gasteiger charge is -2.27. The predicted octanol–water partition coefficient (Wildman–Crippen LogP) is 0.554. The van der Waals surface area contributed by atoms with E-state index in [9.17, 15) is 19.2 Å². The van der Waals surface area contributed by atoms with Gasteiger partial charge in [-0.1, -0.05) is 12.1 Å². The molecule has 9 heteroatoms. The first-order chi connectivity index (χ1) is 14.0. The van der Waals surface area contributed by atoms with Crippen molar-refractivity contribution in [2.75, 3.05) is 5.32 Å². The van der Waals surface area contributed by atoms with E-state index < -0.39 is 29.7 Å². The largest absolute Gasteiger partial charge is 0.379 e. The highest BCUT2D eigenvalue weighted by atomic mass is 16.2. The smallest absolute Gasteiger partial charge is 0.262 e. The van der Waals surface area contributed by atoms with Crippen LogP contribution in [0, 0.1) is 0 Å². The Bertz CT molecular complexity index is 1040. The van der Waals surface area contributed by atoms with Crippen LogP contribution in [0.5, 0.6) is 0 Å². The highest BCUT2D eigenvalue weighted by Gasteiger charge is 2.45. The maximum absolute atomic E-state index is 13.1. The first-order valence-electron chi connectivity index (χ1n) is 9.21. The molecule has 1 fully saturated rings. The molecule has 4 amide bonds. The minimum absolute atomic E-state index is 0.0844. The Morgan fingerprint density at radius 1 is 1.14 bits per heavy atom. The van der Waals surface area contributed by atoms with Crippen molar-refractivity contribution in [1.82, 2.24) is 15.2 Å². The summed E-state index contributed by atoms with van der Waals surface area (Å²) in [6.45, 7) is 0.614. The summed E-state index contributed by atoms with van der Waals surface area (Å²) in [5, 5.41) is 5.40. The number of nitrogens with zero attached hydrogens (tertiary/aromatic N) is 2. The van der Waals surface area contributed by atoms with Crippen LogP contribution in [0.1, 0.15) is 44.7 Å². The highest BCUT2D eigenvalue weighted by molar-refractivity contribution is 6.24. The molecule has 0 radical (unpaired) electrons. The first kappa shape index (κ1) is 18.8. The molecule has 4 rings (SSSR count). The summed E-state index contributed by atoms with van der Waals surface area (Å²) >= 11 is 0. The van der Waals surface area contributed by atoms with Crippen molar-refractivity contribution in [2.24, 2.45) is 5.73 Å². The predicted molar refractivity (Wildman–Crippen MR) is 103 cm³/mol. The molecule has 3 heterocycles. The van der Waals surface area contributed by atoms with Crippen LogP contribution in [-0.4, -0.2) is 39.6 Å². The lowest BCUT2D eigenvalue weighted by Crippen LogP contribution is -2.54. The third kappa shape index (κ3) is 3.25. The monoisotopic (exact) mass is 393 g/mol. The van der Waals surface area contributed by atoms with Gasteiger partial charge >= 0.3 is 0 Å². The van der Waals surface area contributed by atoms with Crippen molar-refractivity contribution < 1.29 is 19.2 Å². The number of nitrogens with two attached hydrogens (primary N) is 1. The number of piperidine rings is 1. The third-order valence-corrected chi connectivity index (χ3v) is 5.15. The van der Waals surface area contributed by atoms with E-state index in [1.807, 2.05) is 0 Å². The molecule has 0 aliphatic carbocycles. The van der Waals surface area contributed by atoms with E-state index in [1.165, 1.54) is 0 Å². The maximum Gasteiger partial charge on any atom is 0.262 e. The number of hydrogen-bond donors (Lipinski definition) is 3. The number of pyridine rings is 1. The Morgan fingerprint density at radius 2 is 1.97 bits per heavy atom. The highest BCUT2D eigenvalue weighted by Crippen LogP contribution is 2.30. The number of carbonyl (C=O) groups is 4. The van der Waals surface area contributed by atoms with Gasteiger partial charge in [0.15, 0.2) is 0 Å². The third-order valence-electron chi connectivity index (χ3n) is 5.15. The number of benzene rings is 1. The molecule has 1 saturated heterocycles. The average molecular weight is 393 g/mol. The molecule has 1 unspecified atom stereocenters. The Labute approximate surface area is 166 Å². The molecule has 2 aliphatic rings. The van der Waals surface area contributed by atoms with E-state index in [1.54, 1.807) is 36.7 Å². The van der Waals surface area contributed by atoms with E-state index in [-0.39, 0.29) is 30.5 Å². The zero-order valence-electron chi connectivity index (χ0n) is 15.5. The number of rotatable bonds is 5. The number of aromatic nitrogens is 1. The zero-order chi connectivity index (χ0) is 20.5. The van der Waals surface area contributed by atoms with Crippen molar-refractivity contribution in [3.8, 4) is 0 Å². The lowest BCUT2D eigenvalue weighted by molar-refractivity contribution is -0.136. The molecule has 2 aliphatic heterocycles. The minimum Gasteiger partial charge on any atom is -0.379 e. The SMILES string of the molecule is NCc1ccncc1NCc1cccc2c1C(=O)N(C1CCC(=O)NC1=O)C2=O. The van der Waals surface area contributed by atoms with Crippen LogP contribution < -0.4 is 16.4 Å². The molecule has 148 valence electrons. The van der Waals surface area contributed by atoms with Crippen LogP contribution >= 0.6 is 0 Å². The van der Waals surface area contributed by atoms with E-state index >= 15 is 0 Å². The Morgan fingerprint density at radius 3 is 2.72 bits per heavy atom. The van der Waals surface area contributed by atoms with Crippen molar-refractivity contribution in [1.29, 1.82) is 0 Å². The van der Waals surface area contributed by atoms with Gasteiger partial charge in [0, 0.05) is 25.7 Å². The number of nitrogens with one attached hydrogen (secondary N) is 2. The van der Waals surface area contributed by atoms with Gasteiger partial charge in [0.25, 0.3) is 11.8 Å². The minimum atomic E-state index is -0.983. The summed E-state index contributed by atoms with van der Waals surface area (Å²) in [7, 11) is 0. The van der Waals surface area contributed by atoms with Crippen molar-refractivity contribution in [3.05, 3.63) is 58.9 Å². The molecule has 0 bridgehead atoms. The average Bonchev–Trinajstić information content (AvgIpc) is 2.98. The summed E-state index contributed by atoms with van der Waals surface area (Å²) in [5.74, 6) is -2.08. The van der Waals surface area contributed by atoms with E-state index in [0.29, 0.717) is 12.1 Å². The van der Waals surface area contributed by atoms with Crippen LogP contribution in [0.15, 0.2) is 36.7 Å². The normalized spacial score (nSPS) is 18.7. The van der Waals surface area contributed by atoms with Gasteiger partial charge in [0.1, 0.15) is 6.04 Å². The van der Waals surface area contributed by atoms with Gasteiger partial charge in [-0.3, -0.25) is 34.4 Å². The van der Waals surface area contributed by atoms with Crippen LogP contribution in [0.25, 0.3) is 0 Å². The number of fused-ring (bicyclic) bond motifs is 1. The fraction of sp³-hybridized carbons (Fsp3) is 0.250. The Hall–Kier alpha value is -3.59. The lowest BCUT2D eigenvalue weighted by atomic mass is 10.0. The molecule has 1 aromatic heterocycles. The quantitative estimate of drug-likeness (QED) is 0.632. The van der Waals surface area contributed by atoms with E-state index in [4.69, 9.17) is 5.73 Å². The summed E-state index contributed by atoms with van der Waals surface area (Å²) in [5.41, 5.74) is 8.51. The van der Waals surface area contributed by atoms with Gasteiger partial charge in [0.05, 0.1) is 23.0 Å². The Balaban J connectivity index is 1.61. The van der Waals surface area contributed by atoms with Crippen molar-refractivity contribution in [2.45, 2.75) is 32.0 Å². The molecule has 0 spiro atoms. The van der Waals surface area contributed by atoms with Gasteiger partial charge < -0.3 is 11.1 Å². The summed E-state index contributed by atoms with van der Waals surface area (Å²) in [6.07, 6.45) is 3.50. The molecule has 4 N–H and O–H groups in total. The van der Waals surface area contributed by atoms with E-state index in [0.717, 1.165) is 16.2 Å². The molecular weight excluding hydrogens is 374 g/mol. The van der Waals surface area contributed by atoms with Gasteiger partial charge in [-0.05, 0) is 29.7 Å². The van der Waals surface area contributed by atoms with Crippen LogP contribution in [-0.2, 0) is 22.7 Å². The maximum atomic E-state index is 13.1. The Kier molecular flexibility index (Phi) is 4.81. The number of amides is 4. The summed E-state index contributed by atoms with van der Waals surface area (Å²) < 4.78 is 0. The number of imide groups is 2. The van der Waals surface area contributed by atoms with Gasteiger partial charge in [-0.25, -0.2) is 0 Å². The number of hydrogen-bond acceptors (Lipinski definition) is 7. The second-order valence-electron chi connectivity index (χ2n) is 6.88. The molecule has 0 saturated carbocycles. The fourth-order valence-electron chi connectivity index (χ4n) is 3.68. The molecule has 1 atom stereocenters. The van der Waals surface area contributed by atoms with Gasteiger partial charge in [0.2, 0.25) is 11.8 Å². The number of anilines is 1. The van der Waals surface area contributed by atoms with E-state index in [2.05, 4.69) is 15.6 Å². The summed E-state index contributed by atoms with van der Waals surface area (Å²) in [4.78, 5) is 54.5. The molecule has 2 aromatic rings. The van der Waals surface area contributed by atoms with Crippen LogP contribution in [0.3, 0.4) is 0 Å². The topological polar surface area (TPSA) is 134 Å². The second-order valence-corrected chi connectivity index (χ2v) is 6.88. The molecular formula is C20H19N5O4. The van der Waals surface area contributed by atoms with Gasteiger partial charge in [-0.15, -0.1) is 0 Å². The molecule has 1 aromatic carbocycles. The van der Waals surface area contributed by atoms with Crippen molar-refractivity contribution in [3.63, 3.8) is 0 Å². The zero-order valence-corrected chi connectivity index (χ0v) is 15.5. The first-order valence-corrected chi connectivity index (χ1v) is 9.21. The summed E-state index contributed by atoms with van der Waals surface area (Å²) in [6, 6.07) is 5.84.